The van der Waals surface area contributed by atoms with Gasteiger partial charge in [0.1, 0.15) is 12.2 Å². The SMILES string of the molecule is COC1CN(C(=O)c2ccc(Br)cc2S)CC1OC. The minimum absolute atomic E-state index is 0.0425. The monoisotopic (exact) mass is 345 g/mol. The maximum Gasteiger partial charge on any atom is 0.255 e. The fourth-order valence-corrected chi connectivity index (χ4v) is 3.07. The fraction of sp³-hybridized carbons (Fsp3) is 0.462. The second-order valence-corrected chi connectivity index (χ2v) is 5.82. The average Bonchev–Trinajstić information content (AvgIpc) is 2.81. The molecule has 0 aromatic heterocycles. The fourth-order valence-electron chi connectivity index (χ4n) is 2.22. The lowest BCUT2D eigenvalue weighted by molar-refractivity contribution is -0.00461. The minimum Gasteiger partial charge on any atom is -0.377 e. The normalized spacial score (nSPS) is 22.8. The molecular weight excluding hydrogens is 330 g/mol. The van der Waals surface area contributed by atoms with E-state index < -0.39 is 0 Å². The number of hydrogen-bond donors (Lipinski definition) is 1. The van der Waals surface area contributed by atoms with Crippen molar-refractivity contribution in [3.63, 3.8) is 0 Å². The molecule has 2 atom stereocenters. The van der Waals surface area contributed by atoms with Gasteiger partial charge in [0.2, 0.25) is 0 Å². The molecule has 0 radical (unpaired) electrons. The van der Waals surface area contributed by atoms with Crippen LogP contribution in [-0.2, 0) is 9.47 Å². The first-order valence-corrected chi connectivity index (χ1v) is 7.14. The summed E-state index contributed by atoms with van der Waals surface area (Å²) in [6.07, 6.45) is -0.152. The number of nitrogens with zero attached hydrogens (tertiary/aromatic N) is 1. The molecule has 6 heteroatoms. The van der Waals surface area contributed by atoms with E-state index in [0.717, 1.165) is 4.47 Å². The molecule has 2 rings (SSSR count). The summed E-state index contributed by atoms with van der Waals surface area (Å²) in [5.74, 6) is -0.0425. The molecule has 0 bridgehead atoms. The first kappa shape index (κ1) is 14.8. The van der Waals surface area contributed by atoms with Gasteiger partial charge in [-0.2, -0.15) is 0 Å². The number of ether oxygens (including phenoxy) is 2. The van der Waals surface area contributed by atoms with Crippen molar-refractivity contribution in [2.24, 2.45) is 0 Å². The number of rotatable bonds is 3. The molecule has 1 heterocycles. The Bertz CT molecular complexity index is 471. The molecule has 1 saturated heterocycles. The van der Waals surface area contributed by atoms with Crippen LogP contribution in [-0.4, -0.2) is 50.3 Å². The van der Waals surface area contributed by atoms with Crippen LogP contribution < -0.4 is 0 Å². The summed E-state index contributed by atoms with van der Waals surface area (Å²) in [7, 11) is 3.27. The Morgan fingerprint density at radius 3 is 2.37 bits per heavy atom. The predicted octanol–water partition coefficient (Wildman–Crippen LogP) is 2.22. The Kier molecular flexibility index (Phi) is 4.89. The third kappa shape index (κ3) is 3.13. The molecular formula is C13H16BrNO3S. The highest BCUT2D eigenvalue weighted by molar-refractivity contribution is 9.10. The van der Waals surface area contributed by atoms with Gasteiger partial charge in [0.05, 0.1) is 5.56 Å². The molecule has 104 valence electrons. The van der Waals surface area contributed by atoms with E-state index in [4.69, 9.17) is 9.47 Å². The van der Waals surface area contributed by atoms with Gasteiger partial charge in [0, 0.05) is 36.7 Å². The second-order valence-electron chi connectivity index (χ2n) is 4.42. The molecule has 1 aromatic rings. The summed E-state index contributed by atoms with van der Waals surface area (Å²) in [6.45, 7) is 1.08. The summed E-state index contributed by atoms with van der Waals surface area (Å²) in [6, 6.07) is 5.43. The minimum atomic E-state index is -0.0761. The lowest BCUT2D eigenvalue weighted by atomic mass is 10.2. The Labute approximate surface area is 126 Å². The van der Waals surface area contributed by atoms with Crippen LogP contribution in [0.2, 0.25) is 0 Å². The topological polar surface area (TPSA) is 38.8 Å². The number of halogens is 1. The van der Waals surface area contributed by atoms with E-state index in [0.29, 0.717) is 23.5 Å². The van der Waals surface area contributed by atoms with E-state index in [1.165, 1.54) is 0 Å². The second kappa shape index (κ2) is 6.26. The van der Waals surface area contributed by atoms with Crippen LogP contribution in [0.25, 0.3) is 0 Å². The molecule has 0 N–H and O–H groups in total. The molecule has 1 aliphatic rings. The molecule has 0 spiro atoms. The summed E-state index contributed by atoms with van der Waals surface area (Å²) >= 11 is 7.71. The van der Waals surface area contributed by atoms with Gasteiger partial charge in [-0.3, -0.25) is 4.79 Å². The maximum absolute atomic E-state index is 12.5. The van der Waals surface area contributed by atoms with Crippen molar-refractivity contribution < 1.29 is 14.3 Å². The largest absolute Gasteiger partial charge is 0.377 e. The Morgan fingerprint density at radius 1 is 1.32 bits per heavy atom. The summed E-state index contributed by atoms with van der Waals surface area (Å²) in [5.41, 5.74) is 0.595. The number of amides is 1. The zero-order valence-corrected chi connectivity index (χ0v) is 13.3. The van der Waals surface area contributed by atoms with Crippen molar-refractivity contribution in [2.75, 3.05) is 27.3 Å². The highest BCUT2D eigenvalue weighted by Crippen LogP contribution is 2.24. The number of benzene rings is 1. The van der Waals surface area contributed by atoms with Crippen LogP contribution in [0, 0.1) is 0 Å². The smallest absolute Gasteiger partial charge is 0.255 e. The first-order chi connectivity index (χ1) is 9.06. The summed E-state index contributed by atoms with van der Waals surface area (Å²) < 4.78 is 11.6. The third-order valence-corrected chi connectivity index (χ3v) is 4.16. The van der Waals surface area contributed by atoms with E-state index in [1.54, 1.807) is 25.2 Å². The lowest BCUT2D eigenvalue weighted by Gasteiger charge is -2.17. The van der Waals surface area contributed by atoms with Crippen molar-refractivity contribution in [3.05, 3.63) is 28.2 Å². The first-order valence-electron chi connectivity index (χ1n) is 5.90. The van der Waals surface area contributed by atoms with Crippen molar-refractivity contribution in [1.82, 2.24) is 4.90 Å². The van der Waals surface area contributed by atoms with Gasteiger partial charge in [0.25, 0.3) is 5.91 Å². The van der Waals surface area contributed by atoms with Crippen LogP contribution in [0.3, 0.4) is 0 Å². The molecule has 4 nitrogen and oxygen atoms in total. The Morgan fingerprint density at radius 2 is 1.89 bits per heavy atom. The van der Waals surface area contributed by atoms with Crippen molar-refractivity contribution in [1.29, 1.82) is 0 Å². The standard InChI is InChI=1S/C13H16BrNO3S/c1-17-10-6-15(7-11(10)18-2)13(16)9-4-3-8(14)5-12(9)19/h3-5,10-11,19H,6-7H2,1-2H3. The van der Waals surface area contributed by atoms with E-state index in [9.17, 15) is 4.79 Å². The molecule has 2 unspecified atom stereocenters. The highest BCUT2D eigenvalue weighted by atomic mass is 79.9. The van der Waals surface area contributed by atoms with E-state index in [2.05, 4.69) is 28.6 Å². The van der Waals surface area contributed by atoms with E-state index in [-0.39, 0.29) is 18.1 Å². The Balaban J connectivity index is 2.17. The lowest BCUT2D eigenvalue weighted by Crippen LogP contribution is -2.30. The number of methoxy groups -OCH3 is 2. The molecule has 1 fully saturated rings. The van der Waals surface area contributed by atoms with Gasteiger partial charge in [-0.05, 0) is 18.2 Å². The van der Waals surface area contributed by atoms with Gasteiger partial charge >= 0.3 is 0 Å². The average molecular weight is 346 g/mol. The number of carbonyl (C=O) groups excluding carboxylic acids is 1. The zero-order chi connectivity index (χ0) is 14.0. The molecule has 19 heavy (non-hydrogen) atoms. The molecule has 0 saturated carbocycles. The van der Waals surface area contributed by atoms with Gasteiger partial charge in [0.15, 0.2) is 0 Å². The van der Waals surface area contributed by atoms with E-state index >= 15 is 0 Å². The van der Waals surface area contributed by atoms with Crippen molar-refractivity contribution in [3.8, 4) is 0 Å². The van der Waals surface area contributed by atoms with Crippen molar-refractivity contribution in [2.45, 2.75) is 17.1 Å². The maximum atomic E-state index is 12.5. The van der Waals surface area contributed by atoms with Crippen LogP contribution in [0.4, 0.5) is 0 Å². The summed E-state index contributed by atoms with van der Waals surface area (Å²) in [4.78, 5) is 14.9. The number of carbonyl (C=O) groups is 1. The molecule has 1 amide bonds. The molecule has 1 aromatic carbocycles. The quantitative estimate of drug-likeness (QED) is 0.853. The van der Waals surface area contributed by atoms with Crippen LogP contribution in [0.1, 0.15) is 10.4 Å². The third-order valence-electron chi connectivity index (χ3n) is 3.30. The van der Waals surface area contributed by atoms with Gasteiger partial charge in [-0.15, -0.1) is 12.6 Å². The number of likely N-dealkylation sites (tertiary alicyclic amines) is 1. The van der Waals surface area contributed by atoms with E-state index in [1.807, 2.05) is 12.1 Å². The van der Waals surface area contributed by atoms with Crippen LogP contribution >= 0.6 is 28.6 Å². The van der Waals surface area contributed by atoms with Gasteiger partial charge < -0.3 is 14.4 Å². The molecule has 0 aliphatic carbocycles. The number of hydrogen-bond acceptors (Lipinski definition) is 4. The number of thiol groups is 1. The van der Waals surface area contributed by atoms with Gasteiger partial charge in [-0.25, -0.2) is 0 Å². The van der Waals surface area contributed by atoms with Crippen molar-refractivity contribution >= 4 is 34.5 Å². The highest BCUT2D eigenvalue weighted by Gasteiger charge is 2.36. The van der Waals surface area contributed by atoms with Crippen LogP contribution in [0.5, 0.6) is 0 Å². The van der Waals surface area contributed by atoms with Crippen LogP contribution in [0.15, 0.2) is 27.6 Å². The molecule has 1 aliphatic heterocycles. The summed E-state index contributed by atoms with van der Waals surface area (Å²) in [5, 5.41) is 0. The zero-order valence-electron chi connectivity index (χ0n) is 10.8. The predicted molar refractivity (Wildman–Crippen MR) is 78.9 cm³/mol. The van der Waals surface area contributed by atoms with Gasteiger partial charge in [-0.1, -0.05) is 15.9 Å². The Hall–Kier alpha value is -0.560.